The van der Waals surface area contributed by atoms with Gasteiger partial charge in [-0.05, 0) is 12.5 Å². The molecule has 274 valence electrons. The summed E-state index contributed by atoms with van der Waals surface area (Å²) < 4.78 is 36.3. The number of hydrogen-bond acceptors (Lipinski definition) is 14. The average Bonchev–Trinajstić information content (AvgIpc) is 3.00. The Kier molecular flexibility index (Phi) is 16.9. The average molecular weight is 830 g/mol. The molecule has 0 spiro atoms. The van der Waals surface area contributed by atoms with Gasteiger partial charge in [0.25, 0.3) is 3.79 Å². The number of rotatable bonds is 9. The summed E-state index contributed by atoms with van der Waals surface area (Å²) in [7, 11) is 0. The van der Waals surface area contributed by atoms with Crippen molar-refractivity contribution in [3.8, 4) is 0 Å². The normalized spacial score (nSPS) is 28.8. The maximum atomic E-state index is 11.5. The van der Waals surface area contributed by atoms with Crippen LogP contribution in [0.15, 0.2) is 40.6 Å². The Morgan fingerprint density at radius 2 is 1.16 bits per heavy atom. The molecule has 1 aromatic carbocycles. The summed E-state index contributed by atoms with van der Waals surface area (Å²) in [4.78, 5) is 51.2. The summed E-state index contributed by atoms with van der Waals surface area (Å²) in [5.74, 6) is -3.24. The molecule has 0 saturated carbocycles. The topological polar surface area (TPSA) is 254 Å². The Labute approximate surface area is 307 Å². The molecule has 2 aliphatic rings. The molecule has 0 amide bonds. The number of hydrogen-bond donors (Lipinski definition) is 1. The van der Waals surface area contributed by atoms with Crippen LogP contribution in [0.5, 0.6) is 0 Å². The van der Waals surface area contributed by atoms with E-state index in [2.05, 4.69) is 20.1 Å². The van der Waals surface area contributed by atoms with Crippen molar-refractivity contribution in [2.24, 2.45) is 10.2 Å². The summed E-state index contributed by atoms with van der Waals surface area (Å²) in [5, 5.41) is 14.4. The van der Waals surface area contributed by atoms with E-state index >= 15 is 0 Å². The molecule has 2 aliphatic heterocycles. The molecule has 0 radical (unpaired) electrons. The molecule has 0 bridgehead atoms. The van der Waals surface area contributed by atoms with E-state index in [4.69, 9.17) is 84.4 Å². The summed E-state index contributed by atoms with van der Waals surface area (Å²) in [6.45, 7) is 8.05. The third kappa shape index (κ3) is 13.0. The number of benzene rings is 1. The van der Waals surface area contributed by atoms with Gasteiger partial charge in [-0.1, -0.05) is 39.9 Å². The van der Waals surface area contributed by atoms with Crippen molar-refractivity contribution in [1.82, 2.24) is 0 Å². The second kappa shape index (κ2) is 19.8. The van der Waals surface area contributed by atoms with Crippen molar-refractivity contribution in [2.75, 3.05) is 0 Å². The van der Waals surface area contributed by atoms with E-state index in [1.54, 1.807) is 6.92 Å². The first kappa shape index (κ1) is 42.7. The SMILES string of the molecule is CC(=O)OC1C(C)OC(OC(=N)C(Cl)(Cl)Cl)C(N=[N+]=[N-])C1OC(C)=O.CC(=O)OC1C(C)OC([Se]c2ccccc2)C(N=[N+]=[N-])C1OC(C)=O. The van der Waals surface area contributed by atoms with Crippen LogP contribution in [0.25, 0.3) is 20.9 Å². The molecule has 18 nitrogen and oxygen atoms in total. The van der Waals surface area contributed by atoms with E-state index in [0.717, 1.165) is 18.3 Å². The second-order valence-corrected chi connectivity index (χ2v) is 15.2. The van der Waals surface area contributed by atoms with Crippen molar-refractivity contribution < 1.29 is 52.3 Å². The Hall–Kier alpha value is -3.50. The van der Waals surface area contributed by atoms with Gasteiger partial charge in [-0.25, -0.2) is 0 Å². The van der Waals surface area contributed by atoms with Gasteiger partial charge in [0, 0.05) is 18.8 Å². The predicted molar refractivity (Wildman–Crippen MR) is 178 cm³/mol. The van der Waals surface area contributed by atoms with E-state index in [0.29, 0.717) is 0 Å². The third-order valence-corrected chi connectivity index (χ3v) is 9.53. The van der Waals surface area contributed by atoms with E-state index in [9.17, 15) is 19.2 Å². The van der Waals surface area contributed by atoms with Crippen molar-refractivity contribution >= 4 is 84.0 Å². The molecule has 50 heavy (non-hydrogen) atoms. The number of azide groups is 2. The van der Waals surface area contributed by atoms with Crippen LogP contribution in [0.2, 0.25) is 0 Å². The van der Waals surface area contributed by atoms with Crippen molar-refractivity contribution in [1.29, 1.82) is 5.41 Å². The summed E-state index contributed by atoms with van der Waals surface area (Å²) in [6, 6.07) is 7.57. The van der Waals surface area contributed by atoms with E-state index in [1.807, 2.05) is 30.3 Å². The minimum atomic E-state index is -2.18. The standard InChI is InChI=1S/C16H19N3O5Se.C12H15Cl3N4O6/c1-9-14(23-10(2)20)15(24-11(3)21)13(18-19-17)16(22-9)25-12-7-5-4-6-8-12;1-4-8(23-5(2)20)9(24-6(3)21)7(18-19-17)10(22-4)25-11(16)12(13,14)15/h4-9,13-16H,1-3H3;4,7-10,16H,1-3H3. The molecule has 2 saturated heterocycles. The van der Waals surface area contributed by atoms with Gasteiger partial charge in [-0.2, -0.15) is 0 Å². The van der Waals surface area contributed by atoms with Crippen LogP contribution in [0.4, 0.5) is 0 Å². The monoisotopic (exact) mass is 829 g/mol. The Morgan fingerprint density at radius 3 is 1.60 bits per heavy atom. The summed E-state index contributed by atoms with van der Waals surface area (Å²) >= 11 is 16.5. The zero-order valence-corrected chi connectivity index (χ0v) is 31.4. The first-order chi connectivity index (χ1) is 23.4. The first-order valence-corrected chi connectivity index (χ1v) is 17.5. The summed E-state index contributed by atoms with van der Waals surface area (Å²) in [5.41, 5.74) is 17.7. The zero-order chi connectivity index (χ0) is 37.8. The number of nitrogens with one attached hydrogen (secondary N) is 1. The number of alkyl halides is 3. The van der Waals surface area contributed by atoms with Crippen molar-refractivity contribution in [3.05, 3.63) is 51.2 Å². The molecular formula is C28H34Cl3N7O11Se. The van der Waals surface area contributed by atoms with E-state index in [-0.39, 0.29) is 15.0 Å². The van der Waals surface area contributed by atoms with Crippen LogP contribution in [-0.4, -0.2) is 109 Å². The molecular weight excluding hydrogens is 796 g/mol. The number of halogens is 3. The molecule has 10 atom stereocenters. The van der Waals surface area contributed by atoms with Crippen LogP contribution in [-0.2, 0) is 52.3 Å². The number of nitrogens with zero attached hydrogens (tertiary/aromatic N) is 6. The van der Waals surface area contributed by atoms with Gasteiger partial charge in [-0.15, -0.1) is 0 Å². The van der Waals surface area contributed by atoms with Gasteiger partial charge in [0.1, 0.15) is 6.04 Å². The molecule has 1 N–H and O–H groups in total. The number of esters is 4. The van der Waals surface area contributed by atoms with Gasteiger partial charge in [-0.3, -0.25) is 15.0 Å². The minimum absolute atomic E-state index is 0.187. The maximum absolute atomic E-state index is 11.5. The number of carbonyl (C=O) groups is 4. The van der Waals surface area contributed by atoms with Crippen molar-refractivity contribution in [2.45, 2.75) is 105 Å². The molecule has 0 aliphatic carbocycles. The summed E-state index contributed by atoms with van der Waals surface area (Å²) in [6.07, 6.45) is -6.78. The van der Waals surface area contributed by atoms with Gasteiger partial charge in [0.15, 0.2) is 12.2 Å². The van der Waals surface area contributed by atoms with Crippen LogP contribution in [0, 0.1) is 5.41 Å². The van der Waals surface area contributed by atoms with Gasteiger partial charge in [0.2, 0.25) is 12.2 Å². The van der Waals surface area contributed by atoms with Crippen LogP contribution >= 0.6 is 34.8 Å². The Bertz CT molecular complexity index is 1480. The fourth-order valence-corrected chi connectivity index (χ4v) is 7.28. The molecule has 1 aromatic rings. The van der Waals surface area contributed by atoms with Gasteiger partial charge < -0.3 is 18.9 Å². The van der Waals surface area contributed by atoms with E-state index in [1.165, 1.54) is 20.8 Å². The van der Waals surface area contributed by atoms with Gasteiger partial charge >= 0.3 is 163 Å². The number of carbonyl (C=O) groups excluding carboxylic acids is 4. The first-order valence-electron chi connectivity index (χ1n) is 14.5. The zero-order valence-electron chi connectivity index (χ0n) is 27.4. The fourth-order valence-electron chi connectivity index (χ4n) is 4.71. The van der Waals surface area contributed by atoms with Crippen LogP contribution in [0.3, 0.4) is 0 Å². The number of ether oxygens (including phenoxy) is 7. The molecule has 22 heteroatoms. The fraction of sp³-hybridized carbons (Fsp3) is 0.607. The Balaban J connectivity index is 0.000000347. The quantitative estimate of drug-likeness (QED) is 0.0429. The molecule has 10 unspecified atom stereocenters. The van der Waals surface area contributed by atoms with Crippen LogP contribution < -0.4 is 4.46 Å². The van der Waals surface area contributed by atoms with E-state index < -0.39 is 93.6 Å². The third-order valence-electron chi connectivity index (χ3n) is 6.57. The molecule has 2 heterocycles. The molecule has 2 fully saturated rings. The van der Waals surface area contributed by atoms with Crippen molar-refractivity contribution in [3.63, 3.8) is 0 Å². The second-order valence-electron chi connectivity index (χ2n) is 10.5. The Morgan fingerprint density at radius 1 is 0.740 bits per heavy atom. The van der Waals surface area contributed by atoms with Gasteiger partial charge in [0.05, 0.1) is 6.10 Å². The predicted octanol–water partition coefficient (Wildman–Crippen LogP) is 3.94. The molecule has 0 aromatic heterocycles. The van der Waals surface area contributed by atoms with Crippen LogP contribution in [0.1, 0.15) is 41.5 Å². The molecule has 3 rings (SSSR count).